The van der Waals surface area contributed by atoms with Crippen molar-refractivity contribution in [2.45, 2.75) is 38.8 Å². The molecule has 1 heterocycles. The van der Waals surface area contributed by atoms with Crippen molar-refractivity contribution < 1.29 is 40.0 Å². The van der Waals surface area contributed by atoms with Gasteiger partial charge in [0.25, 0.3) is 0 Å². The summed E-state index contributed by atoms with van der Waals surface area (Å²) in [6.07, 6.45) is 1.86. The van der Waals surface area contributed by atoms with Gasteiger partial charge in [0.1, 0.15) is 29.6 Å². The van der Waals surface area contributed by atoms with Gasteiger partial charge in [-0.05, 0) is 25.5 Å². The SMILES string of the molecule is CCCCOc1c(C)c(COc2cc(OC)cc(OS(=O)(=O)C(F)(F)F)c2)nc2ccccc12. The maximum Gasteiger partial charge on any atom is 0.534 e. The summed E-state index contributed by atoms with van der Waals surface area (Å²) in [5.41, 5.74) is -3.56. The van der Waals surface area contributed by atoms with E-state index in [0.29, 0.717) is 23.6 Å². The molecule has 1 aromatic heterocycles. The molecular weight excluding hydrogens is 475 g/mol. The molecule has 11 heteroatoms. The molecule has 3 aromatic rings. The Morgan fingerprint density at radius 2 is 1.68 bits per heavy atom. The van der Waals surface area contributed by atoms with Crippen LogP contribution in [0.15, 0.2) is 42.5 Å². The second kappa shape index (κ2) is 10.4. The van der Waals surface area contributed by atoms with Gasteiger partial charge in [-0.3, -0.25) is 0 Å². The molecule has 0 fully saturated rings. The molecule has 0 radical (unpaired) electrons. The fraction of sp³-hybridized carbons (Fsp3) is 0.348. The Labute approximate surface area is 195 Å². The van der Waals surface area contributed by atoms with Crippen molar-refractivity contribution in [3.63, 3.8) is 0 Å². The first-order valence-electron chi connectivity index (χ1n) is 10.4. The predicted molar refractivity (Wildman–Crippen MR) is 120 cm³/mol. The van der Waals surface area contributed by atoms with Crippen molar-refractivity contribution >= 4 is 21.0 Å². The van der Waals surface area contributed by atoms with Crippen molar-refractivity contribution in [1.82, 2.24) is 4.98 Å². The summed E-state index contributed by atoms with van der Waals surface area (Å²) < 4.78 is 81.8. The third-order valence-corrected chi connectivity index (χ3v) is 5.85. The molecule has 0 aliphatic rings. The Hall–Kier alpha value is -3.21. The molecule has 2 aromatic carbocycles. The molecule has 184 valence electrons. The molecular formula is C23H24F3NO6S. The lowest BCUT2D eigenvalue weighted by Crippen LogP contribution is -2.28. The summed E-state index contributed by atoms with van der Waals surface area (Å²) in [5, 5.41) is 0.856. The number of unbranched alkanes of at least 4 members (excludes halogenated alkanes) is 1. The van der Waals surface area contributed by atoms with E-state index in [-0.39, 0.29) is 18.1 Å². The van der Waals surface area contributed by atoms with Crippen LogP contribution in [-0.2, 0) is 16.7 Å². The predicted octanol–water partition coefficient (Wildman–Crippen LogP) is 5.54. The first-order valence-corrected chi connectivity index (χ1v) is 11.8. The average molecular weight is 500 g/mol. The van der Waals surface area contributed by atoms with Crippen LogP contribution in [0.2, 0.25) is 0 Å². The normalized spacial score (nSPS) is 11.9. The minimum atomic E-state index is -5.85. The number of hydrogen-bond donors (Lipinski definition) is 0. The molecule has 0 N–H and O–H groups in total. The molecule has 0 atom stereocenters. The summed E-state index contributed by atoms with van der Waals surface area (Å²) in [7, 11) is -4.57. The Bertz CT molecular complexity index is 1260. The lowest BCUT2D eigenvalue weighted by Gasteiger charge is -2.16. The highest BCUT2D eigenvalue weighted by Crippen LogP contribution is 2.34. The first kappa shape index (κ1) is 25.4. The molecule has 0 saturated heterocycles. The van der Waals surface area contributed by atoms with E-state index in [1.54, 1.807) is 0 Å². The smallest absolute Gasteiger partial charge is 0.496 e. The number of pyridine rings is 1. The van der Waals surface area contributed by atoms with E-state index in [1.807, 2.05) is 31.2 Å². The van der Waals surface area contributed by atoms with Gasteiger partial charge in [-0.25, -0.2) is 4.98 Å². The second-order valence-electron chi connectivity index (χ2n) is 7.35. The van der Waals surface area contributed by atoms with Gasteiger partial charge in [0.05, 0.1) is 24.9 Å². The Kier molecular flexibility index (Phi) is 7.75. The lowest BCUT2D eigenvalue weighted by molar-refractivity contribution is -0.0500. The minimum Gasteiger partial charge on any atom is -0.496 e. The number of fused-ring (bicyclic) bond motifs is 1. The van der Waals surface area contributed by atoms with E-state index in [1.165, 1.54) is 13.2 Å². The second-order valence-corrected chi connectivity index (χ2v) is 8.89. The van der Waals surface area contributed by atoms with Crippen molar-refractivity contribution in [3.8, 4) is 23.0 Å². The molecule has 7 nitrogen and oxygen atoms in total. The third kappa shape index (κ3) is 5.82. The van der Waals surface area contributed by atoms with E-state index < -0.39 is 21.4 Å². The lowest BCUT2D eigenvalue weighted by atomic mass is 10.1. The number of nitrogens with zero attached hydrogens (tertiary/aromatic N) is 1. The van der Waals surface area contributed by atoms with E-state index in [9.17, 15) is 21.6 Å². The molecule has 0 aliphatic carbocycles. The van der Waals surface area contributed by atoms with Crippen LogP contribution in [0.25, 0.3) is 10.9 Å². The topological polar surface area (TPSA) is 84.0 Å². The summed E-state index contributed by atoms with van der Waals surface area (Å²) in [6, 6.07) is 10.9. The third-order valence-electron chi connectivity index (χ3n) is 4.88. The van der Waals surface area contributed by atoms with Gasteiger partial charge in [-0.1, -0.05) is 25.5 Å². The van der Waals surface area contributed by atoms with Crippen molar-refractivity contribution in [2.24, 2.45) is 0 Å². The van der Waals surface area contributed by atoms with Crippen LogP contribution >= 0.6 is 0 Å². The molecule has 0 unspecified atom stereocenters. The van der Waals surface area contributed by atoms with Crippen LogP contribution in [-0.4, -0.2) is 32.6 Å². The van der Waals surface area contributed by atoms with Crippen LogP contribution in [0.5, 0.6) is 23.0 Å². The highest BCUT2D eigenvalue weighted by Gasteiger charge is 2.48. The largest absolute Gasteiger partial charge is 0.534 e. The Morgan fingerprint density at radius 1 is 1.00 bits per heavy atom. The summed E-state index contributed by atoms with van der Waals surface area (Å²) >= 11 is 0. The molecule has 0 bridgehead atoms. The number of halogens is 3. The molecule has 0 saturated carbocycles. The zero-order valence-electron chi connectivity index (χ0n) is 18.8. The van der Waals surface area contributed by atoms with Crippen LogP contribution < -0.4 is 18.4 Å². The number of ether oxygens (including phenoxy) is 3. The molecule has 0 amide bonds. The van der Waals surface area contributed by atoms with Crippen molar-refractivity contribution in [2.75, 3.05) is 13.7 Å². The average Bonchev–Trinajstić information content (AvgIpc) is 2.78. The number of alkyl halides is 3. The maximum atomic E-state index is 12.7. The van der Waals surface area contributed by atoms with E-state index >= 15 is 0 Å². The minimum absolute atomic E-state index is 0.0366. The van der Waals surface area contributed by atoms with Crippen LogP contribution in [0.3, 0.4) is 0 Å². The Balaban J connectivity index is 1.90. The molecule has 0 spiro atoms. The van der Waals surface area contributed by atoms with Gasteiger partial charge >= 0.3 is 15.6 Å². The fourth-order valence-corrected chi connectivity index (χ4v) is 3.54. The molecule has 0 aliphatic heterocycles. The van der Waals surface area contributed by atoms with Crippen molar-refractivity contribution in [1.29, 1.82) is 0 Å². The first-order chi connectivity index (χ1) is 16.1. The van der Waals surface area contributed by atoms with Crippen LogP contribution in [0.4, 0.5) is 13.2 Å². The number of para-hydroxylation sites is 1. The molecule has 34 heavy (non-hydrogen) atoms. The molecule has 3 rings (SSSR count). The van der Waals surface area contributed by atoms with E-state index in [2.05, 4.69) is 16.1 Å². The van der Waals surface area contributed by atoms with Gasteiger partial charge in [0.2, 0.25) is 0 Å². The van der Waals surface area contributed by atoms with E-state index in [4.69, 9.17) is 14.2 Å². The van der Waals surface area contributed by atoms with Gasteiger partial charge in [-0.15, -0.1) is 0 Å². The standard InChI is InChI=1S/C23H24F3NO6S/c1-4-5-10-31-22-15(2)21(27-20-9-7-6-8-19(20)22)14-32-17-11-16(30-3)12-18(13-17)33-34(28,29)23(24,25)26/h6-9,11-13H,4-5,10,14H2,1-3H3. The summed E-state index contributed by atoms with van der Waals surface area (Å²) in [6.45, 7) is 4.39. The number of methoxy groups -OCH3 is 1. The number of rotatable bonds is 10. The number of benzene rings is 2. The van der Waals surface area contributed by atoms with Crippen LogP contribution in [0, 0.1) is 6.92 Å². The van der Waals surface area contributed by atoms with Crippen molar-refractivity contribution in [3.05, 3.63) is 53.7 Å². The maximum absolute atomic E-state index is 12.7. The van der Waals surface area contributed by atoms with Gasteiger partial charge in [-0.2, -0.15) is 21.6 Å². The highest BCUT2D eigenvalue weighted by atomic mass is 32.2. The van der Waals surface area contributed by atoms with Gasteiger partial charge in [0.15, 0.2) is 0 Å². The fourth-order valence-electron chi connectivity index (χ4n) is 3.09. The number of hydrogen-bond acceptors (Lipinski definition) is 7. The summed E-state index contributed by atoms with van der Waals surface area (Å²) in [4.78, 5) is 4.62. The Morgan fingerprint density at radius 3 is 2.35 bits per heavy atom. The highest BCUT2D eigenvalue weighted by molar-refractivity contribution is 7.88. The summed E-state index contributed by atoms with van der Waals surface area (Å²) in [5.74, 6) is 0.174. The number of aromatic nitrogens is 1. The van der Waals surface area contributed by atoms with Crippen LogP contribution in [0.1, 0.15) is 31.0 Å². The monoisotopic (exact) mass is 499 g/mol. The van der Waals surface area contributed by atoms with Gasteiger partial charge in [0, 0.05) is 29.1 Å². The van der Waals surface area contributed by atoms with Gasteiger partial charge < -0.3 is 18.4 Å². The quantitative estimate of drug-likeness (QED) is 0.206. The zero-order chi connectivity index (χ0) is 24.9. The van der Waals surface area contributed by atoms with E-state index in [0.717, 1.165) is 35.9 Å². The zero-order valence-corrected chi connectivity index (χ0v) is 19.6.